The zero-order chi connectivity index (χ0) is 17.6. The normalized spacial score (nSPS) is 34.2. The Morgan fingerprint density at radius 3 is 2.80 bits per heavy atom. The number of hydrogen-bond donors (Lipinski definition) is 0. The first-order valence-corrected chi connectivity index (χ1v) is 8.81. The average Bonchev–Trinajstić information content (AvgIpc) is 3.06. The van der Waals surface area contributed by atoms with E-state index in [-0.39, 0.29) is 24.1 Å². The molecule has 0 bridgehead atoms. The van der Waals surface area contributed by atoms with Crippen LogP contribution in [0.25, 0.3) is 0 Å². The minimum Gasteiger partial charge on any atom is -0.468 e. The molecular formula is C20H23NO4. The van der Waals surface area contributed by atoms with Crippen LogP contribution in [0.15, 0.2) is 42.0 Å². The van der Waals surface area contributed by atoms with Gasteiger partial charge in [0.25, 0.3) is 0 Å². The fourth-order valence-corrected chi connectivity index (χ4v) is 4.64. The van der Waals surface area contributed by atoms with E-state index in [1.807, 2.05) is 36.4 Å². The van der Waals surface area contributed by atoms with Gasteiger partial charge in [0.1, 0.15) is 6.23 Å². The highest BCUT2D eigenvalue weighted by molar-refractivity contribution is 6.04. The summed E-state index contributed by atoms with van der Waals surface area (Å²) in [6.07, 6.45) is 3.59. The molecule has 0 unspecified atom stereocenters. The molecule has 4 atom stereocenters. The maximum Gasteiger partial charge on any atom is 0.322 e. The van der Waals surface area contributed by atoms with Crippen molar-refractivity contribution in [1.82, 2.24) is 4.90 Å². The van der Waals surface area contributed by atoms with Gasteiger partial charge in [-0.2, -0.15) is 0 Å². The molecule has 25 heavy (non-hydrogen) atoms. The Kier molecular flexibility index (Phi) is 3.91. The smallest absolute Gasteiger partial charge is 0.322 e. The maximum atomic E-state index is 13.6. The third-order valence-corrected chi connectivity index (χ3v) is 5.97. The number of carbonyl (C=O) groups is 2. The van der Waals surface area contributed by atoms with Crippen LogP contribution in [-0.4, -0.2) is 36.7 Å². The largest absolute Gasteiger partial charge is 0.468 e. The minimum absolute atomic E-state index is 0.0618. The summed E-state index contributed by atoms with van der Waals surface area (Å²) in [5, 5.41) is 0. The molecule has 1 aromatic carbocycles. The van der Waals surface area contributed by atoms with Crippen LogP contribution in [0.3, 0.4) is 0 Å². The molecule has 0 N–H and O–H groups in total. The number of rotatable bonds is 2. The minimum atomic E-state index is -1.11. The Hall–Kier alpha value is -2.14. The summed E-state index contributed by atoms with van der Waals surface area (Å²) in [5.74, 6) is -0.618. The molecule has 0 spiro atoms. The number of carbonyl (C=O) groups excluding carboxylic acids is 2. The van der Waals surface area contributed by atoms with Gasteiger partial charge >= 0.3 is 5.97 Å². The Balaban J connectivity index is 1.75. The van der Waals surface area contributed by atoms with E-state index < -0.39 is 11.4 Å². The van der Waals surface area contributed by atoms with E-state index in [9.17, 15) is 9.59 Å². The van der Waals surface area contributed by atoms with Crippen LogP contribution in [-0.2, 0) is 19.1 Å². The first-order chi connectivity index (χ1) is 12.1. The van der Waals surface area contributed by atoms with Gasteiger partial charge in [-0.1, -0.05) is 42.0 Å². The van der Waals surface area contributed by atoms with Crippen LogP contribution >= 0.6 is 0 Å². The van der Waals surface area contributed by atoms with Crippen LogP contribution in [0.4, 0.5) is 0 Å². The lowest BCUT2D eigenvalue weighted by molar-refractivity contribution is -0.181. The molecule has 132 valence electrons. The number of piperidine rings is 1. The van der Waals surface area contributed by atoms with Crippen molar-refractivity contribution in [3.63, 3.8) is 0 Å². The van der Waals surface area contributed by atoms with Crippen molar-refractivity contribution in [3.05, 3.63) is 47.5 Å². The topological polar surface area (TPSA) is 55.8 Å². The quantitative estimate of drug-likeness (QED) is 0.471. The second kappa shape index (κ2) is 5.99. The third-order valence-electron chi connectivity index (χ3n) is 5.97. The number of amides is 1. The van der Waals surface area contributed by atoms with Crippen molar-refractivity contribution in [1.29, 1.82) is 0 Å². The molecule has 2 fully saturated rings. The van der Waals surface area contributed by atoms with E-state index in [1.54, 1.807) is 4.90 Å². The first kappa shape index (κ1) is 16.3. The molecule has 5 nitrogen and oxygen atoms in total. The van der Waals surface area contributed by atoms with Crippen molar-refractivity contribution in [2.75, 3.05) is 13.7 Å². The first-order valence-electron chi connectivity index (χ1n) is 8.81. The van der Waals surface area contributed by atoms with Gasteiger partial charge in [0, 0.05) is 0 Å². The van der Waals surface area contributed by atoms with Gasteiger partial charge in [-0.05, 0) is 37.7 Å². The molecule has 2 heterocycles. The van der Waals surface area contributed by atoms with E-state index in [0.29, 0.717) is 19.4 Å². The maximum absolute atomic E-state index is 13.6. The average molecular weight is 341 g/mol. The van der Waals surface area contributed by atoms with Gasteiger partial charge in [0.15, 0.2) is 5.41 Å². The number of fused-ring (bicyclic) bond motifs is 2. The highest BCUT2D eigenvalue weighted by atomic mass is 16.5. The Morgan fingerprint density at radius 2 is 2.08 bits per heavy atom. The number of esters is 1. The lowest BCUT2D eigenvalue weighted by atomic mass is 9.62. The number of benzene rings is 1. The van der Waals surface area contributed by atoms with Crippen molar-refractivity contribution >= 4 is 11.9 Å². The fourth-order valence-electron chi connectivity index (χ4n) is 4.64. The molecule has 2 aliphatic heterocycles. The Morgan fingerprint density at radius 1 is 1.32 bits per heavy atom. The van der Waals surface area contributed by atoms with Crippen molar-refractivity contribution < 1.29 is 19.1 Å². The fraction of sp³-hybridized carbons (Fsp3) is 0.500. The van der Waals surface area contributed by atoms with Crippen molar-refractivity contribution in [3.8, 4) is 0 Å². The van der Waals surface area contributed by atoms with Crippen molar-refractivity contribution in [2.24, 2.45) is 11.3 Å². The van der Waals surface area contributed by atoms with Crippen molar-refractivity contribution in [2.45, 2.75) is 38.5 Å². The van der Waals surface area contributed by atoms with E-state index in [4.69, 9.17) is 9.47 Å². The van der Waals surface area contributed by atoms with Gasteiger partial charge in [0.2, 0.25) is 5.91 Å². The molecule has 0 saturated carbocycles. The lowest BCUT2D eigenvalue weighted by Crippen LogP contribution is -2.60. The van der Waals surface area contributed by atoms with Gasteiger partial charge in [-0.3, -0.25) is 9.59 Å². The molecule has 0 radical (unpaired) electrons. The molecular weight excluding hydrogens is 318 g/mol. The predicted molar refractivity (Wildman–Crippen MR) is 91.3 cm³/mol. The van der Waals surface area contributed by atoms with Gasteiger partial charge in [-0.25, -0.2) is 0 Å². The zero-order valence-corrected chi connectivity index (χ0v) is 14.6. The summed E-state index contributed by atoms with van der Waals surface area (Å²) in [4.78, 5) is 28.1. The van der Waals surface area contributed by atoms with E-state index >= 15 is 0 Å². The summed E-state index contributed by atoms with van der Waals surface area (Å²) >= 11 is 0. The molecule has 0 aromatic heterocycles. The van der Waals surface area contributed by atoms with Crippen LogP contribution in [0.5, 0.6) is 0 Å². The SMILES string of the molecule is COC(=O)[C@]12CC=C(C)C[C@H]1C[C@@H]1OC[C@@H](c3ccccc3)N1C2=O. The third kappa shape index (κ3) is 2.33. The molecule has 1 aromatic rings. The van der Waals surface area contributed by atoms with Gasteiger partial charge < -0.3 is 14.4 Å². The highest BCUT2D eigenvalue weighted by Gasteiger charge is 2.62. The second-order valence-corrected chi connectivity index (χ2v) is 7.28. The standard InChI is InChI=1S/C20H23NO4/c1-13-8-9-20(19(23)24-2)15(10-13)11-17-21(18(20)22)16(12-25-17)14-6-4-3-5-7-14/h3-8,15-17H,9-12H2,1-2H3/t15-,16-,17-,20+/m0/s1. The molecule has 5 heteroatoms. The Bertz CT molecular complexity index is 728. The number of allylic oxidation sites excluding steroid dienone is 2. The number of nitrogens with zero attached hydrogens (tertiary/aromatic N) is 1. The van der Waals surface area contributed by atoms with Crippen LogP contribution < -0.4 is 0 Å². The predicted octanol–water partition coefficient (Wildman–Crippen LogP) is 2.83. The Labute approximate surface area is 147 Å². The van der Waals surface area contributed by atoms with Gasteiger partial charge in [-0.15, -0.1) is 0 Å². The molecule has 4 rings (SSSR count). The number of ether oxygens (including phenoxy) is 2. The summed E-state index contributed by atoms with van der Waals surface area (Å²) in [6.45, 7) is 2.52. The summed E-state index contributed by atoms with van der Waals surface area (Å²) in [6, 6.07) is 9.74. The molecule has 1 amide bonds. The van der Waals surface area contributed by atoms with E-state index in [1.165, 1.54) is 12.7 Å². The number of methoxy groups -OCH3 is 1. The van der Waals surface area contributed by atoms with Crippen LogP contribution in [0.1, 0.15) is 37.8 Å². The van der Waals surface area contributed by atoms with Crippen LogP contribution in [0, 0.1) is 11.3 Å². The second-order valence-electron chi connectivity index (χ2n) is 7.28. The summed E-state index contributed by atoms with van der Waals surface area (Å²) < 4.78 is 11.1. The summed E-state index contributed by atoms with van der Waals surface area (Å²) in [5.41, 5.74) is 1.16. The summed E-state index contributed by atoms with van der Waals surface area (Å²) in [7, 11) is 1.37. The highest BCUT2D eigenvalue weighted by Crippen LogP contribution is 2.52. The van der Waals surface area contributed by atoms with E-state index in [0.717, 1.165) is 12.0 Å². The van der Waals surface area contributed by atoms with Gasteiger partial charge in [0.05, 0.1) is 19.8 Å². The van der Waals surface area contributed by atoms with Crippen LogP contribution in [0.2, 0.25) is 0 Å². The molecule has 2 saturated heterocycles. The monoisotopic (exact) mass is 341 g/mol. The zero-order valence-electron chi connectivity index (χ0n) is 14.6. The molecule has 1 aliphatic carbocycles. The molecule has 3 aliphatic rings. The lowest BCUT2D eigenvalue weighted by Gasteiger charge is -2.48. The van der Waals surface area contributed by atoms with E-state index in [2.05, 4.69) is 6.92 Å². The number of hydrogen-bond acceptors (Lipinski definition) is 4.